The maximum Gasteiger partial charge on any atom is 0.220 e. The maximum absolute atomic E-state index is 11.2. The summed E-state index contributed by atoms with van der Waals surface area (Å²) in [6, 6.07) is 5.56. The SMILES string of the molecule is CCNC(=NCCCCN1CCC(C(N)=O)CC1)NC(C)c1ccc(Cl)cc1Cl. The van der Waals surface area contributed by atoms with Gasteiger partial charge in [0, 0.05) is 29.1 Å². The molecular weight excluding hydrogens is 409 g/mol. The number of halogens is 2. The molecule has 1 aliphatic rings. The minimum absolute atomic E-state index is 0.0177. The van der Waals surface area contributed by atoms with Crippen molar-refractivity contribution in [2.75, 3.05) is 32.7 Å². The summed E-state index contributed by atoms with van der Waals surface area (Å²) in [5.41, 5.74) is 6.38. The normalized spacial score (nSPS) is 17.2. The molecule has 1 amide bonds. The number of nitrogens with two attached hydrogens (primary N) is 1. The van der Waals surface area contributed by atoms with Crippen molar-refractivity contribution in [3.05, 3.63) is 33.8 Å². The number of nitrogens with one attached hydrogen (secondary N) is 2. The Morgan fingerprint density at radius 2 is 2.03 bits per heavy atom. The van der Waals surface area contributed by atoms with Gasteiger partial charge in [-0.3, -0.25) is 9.79 Å². The van der Waals surface area contributed by atoms with E-state index in [1.807, 2.05) is 19.1 Å². The van der Waals surface area contributed by atoms with Gasteiger partial charge < -0.3 is 21.3 Å². The van der Waals surface area contributed by atoms with Crippen molar-refractivity contribution in [1.29, 1.82) is 0 Å². The summed E-state index contributed by atoms with van der Waals surface area (Å²) in [5.74, 6) is 0.686. The highest BCUT2D eigenvalue weighted by Gasteiger charge is 2.22. The highest BCUT2D eigenvalue weighted by atomic mass is 35.5. The number of primary amides is 1. The van der Waals surface area contributed by atoms with Crippen LogP contribution in [-0.2, 0) is 4.79 Å². The molecular formula is C21H33Cl2N5O. The number of hydrogen-bond acceptors (Lipinski definition) is 3. The molecule has 1 aromatic rings. The number of carbonyl (C=O) groups is 1. The molecule has 0 radical (unpaired) electrons. The van der Waals surface area contributed by atoms with Gasteiger partial charge in [0.15, 0.2) is 5.96 Å². The van der Waals surface area contributed by atoms with Gasteiger partial charge in [-0.05, 0) is 76.9 Å². The van der Waals surface area contributed by atoms with Gasteiger partial charge in [0.05, 0.1) is 6.04 Å². The van der Waals surface area contributed by atoms with Gasteiger partial charge in [-0.15, -0.1) is 0 Å². The Hall–Kier alpha value is -1.50. The zero-order valence-electron chi connectivity index (χ0n) is 17.4. The first kappa shape index (κ1) is 23.8. The predicted molar refractivity (Wildman–Crippen MR) is 122 cm³/mol. The number of carbonyl (C=O) groups excluding carboxylic acids is 1. The topological polar surface area (TPSA) is 82.8 Å². The van der Waals surface area contributed by atoms with Crippen molar-refractivity contribution < 1.29 is 4.79 Å². The summed E-state index contributed by atoms with van der Waals surface area (Å²) in [6.07, 6.45) is 3.87. The largest absolute Gasteiger partial charge is 0.369 e. The van der Waals surface area contributed by atoms with Gasteiger partial charge in [0.1, 0.15) is 0 Å². The molecule has 1 aromatic carbocycles. The summed E-state index contributed by atoms with van der Waals surface area (Å²) in [7, 11) is 0. The molecule has 1 aliphatic heterocycles. The quantitative estimate of drug-likeness (QED) is 0.310. The molecule has 1 heterocycles. The standard InChI is InChI=1S/C21H33Cl2N5O/c1-3-25-21(27-15(2)18-7-6-17(22)14-19(18)23)26-10-4-5-11-28-12-8-16(9-13-28)20(24)29/h6-7,14-16H,3-5,8-13H2,1-2H3,(H2,24,29)(H2,25,26,27). The van der Waals surface area contributed by atoms with Crippen LogP contribution in [0.3, 0.4) is 0 Å². The number of piperidine rings is 1. The van der Waals surface area contributed by atoms with Crippen LogP contribution in [0.1, 0.15) is 51.1 Å². The third kappa shape index (κ3) is 8.03. The van der Waals surface area contributed by atoms with Gasteiger partial charge in [-0.25, -0.2) is 0 Å². The first-order valence-electron chi connectivity index (χ1n) is 10.4. The molecule has 0 aromatic heterocycles. The molecule has 0 bridgehead atoms. The van der Waals surface area contributed by atoms with E-state index in [1.54, 1.807) is 6.07 Å². The highest BCUT2D eigenvalue weighted by Crippen LogP contribution is 2.26. The van der Waals surface area contributed by atoms with Crippen LogP contribution >= 0.6 is 23.2 Å². The predicted octanol–water partition coefficient (Wildman–Crippen LogP) is 3.59. The number of hydrogen-bond donors (Lipinski definition) is 3. The van der Waals surface area contributed by atoms with E-state index in [1.165, 1.54) is 0 Å². The van der Waals surface area contributed by atoms with E-state index >= 15 is 0 Å². The molecule has 2 rings (SSSR count). The molecule has 0 aliphatic carbocycles. The van der Waals surface area contributed by atoms with Crippen LogP contribution in [0.2, 0.25) is 10.0 Å². The number of benzene rings is 1. The first-order chi connectivity index (χ1) is 13.9. The number of nitrogens with zero attached hydrogens (tertiary/aromatic N) is 2. The van der Waals surface area contributed by atoms with Gasteiger partial charge >= 0.3 is 0 Å². The molecule has 162 valence electrons. The molecule has 1 atom stereocenters. The van der Waals surface area contributed by atoms with Gasteiger partial charge in [0.25, 0.3) is 0 Å². The Labute approximate surface area is 184 Å². The van der Waals surface area contributed by atoms with Gasteiger partial charge in [-0.2, -0.15) is 0 Å². The first-order valence-corrected chi connectivity index (χ1v) is 11.2. The number of likely N-dealkylation sites (tertiary alicyclic amines) is 1. The molecule has 6 nitrogen and oxygen atoms in total. The fourth-order valence-corrected chi connectivity index (χ4v) is 4.11. The van der Waals surface area contributed by atoms with Crippen LogP contribution in [0, 0.1) is 5.92 Å². The Balaban J connectivity index is 1.75. The average Bonchev–Trinajstić information content (AvgIpc) is 2.68. The number of rotatable bonds is 9. The fourth-order valence-electron chi connectivity index (χ4n) is 3.53. The summed E-state index contributed by atoms with van der Waals surface area (Å²) < 4.78 is 0. The van der Waals surface area contributed by atoms with Crippen molar-refractivity contribution in [1.82, 2.24) is 15.5 Å². The van der Waals surface area contributed by atoms with Crippen LogP contribution < -0.4 is 16.4 Å². The summed E-state index contributed by atoms with van der Waals surface area (Å²) in [6.45, 7) is 8.61. The van der Waals surface area contributed by atoms with E-state index < -0.39 is 0 Å². The lowest BCUT2D eigenvalue weighted by atomic mass is 9.96. The second-order valence-corrected chi connectivity index (χ2v) is 8.36. The highest BCUT2D eigenvalue weighted by molar-refractivity contribution is 6.35. The Morgan fingerprint density at radius 3 is 2.66 bits per heavy atom. The summed E-state index contributed by atoms with van der Waals surface area (Å²) in [5, 5.41) is 7.97. The number of aliphatic imine (C=N–C) groups is 1. The average molecular weight is 442 g/mol. The number of unbranched alkanes of at least 4 members (excludes halogenated alkanes) is 1. The molecule has 0 saturated carbocycles. The van der Waals surface area contributed by atoms with Crippen molar-refractivity contribution in [2.45, 2.75) is 45.6 Å². The van der Waals surface area contributed by atoms with E-state index in [9.17, 15) is 4.79 Å². The molecule has 1 fully saturated rings. The lowest BCUT2D eigenvalue weighted by Crippen LogP contribution is -2.39. The number of amides is 1. The summed E-state index contributed by atoms with van der Waals surface area (Å²) >= 11 is 12.3. The lowest BCUT2D eigenvalue weighted by molar-refractivity contribution is -0.123. The van der Waals surface area contributed by atoms with Gasteiger partial charge in [-0.1, -0.05) is 29.3 Å². The van der Waals surface area contributed by atoms with E-state index in [0.717, 1.165) is 69.9 Å². The minimum atomic E-state index is -0.156. The van der Waals surface area contributed by atoms with Crippen LogP contribution in [0.4, 0.5) is 0 Å². The van der Waals surface area contributed by atoms with E-state index in [4.69, 9.17) is 28.9 Å². The van der Waals surface area contributed by atoms with Crippen molar-refractivity contribution in [2.24, 2.45) is 16.6 Å². The monoisotopic (exact) mass is 441 g/mol. The maximum atomic E-state index is 11.2. The third-order valence-corrected chi connectivity index (χ3v) is 5.83. The Bertz CT molecular complexity index is 690. The molecule has 0 spiro atoms. The van der Waals surface area contributed by atoms with Crippen LogP contribution in [0.15, 0.2) is 23.2 Å². The molecule has 1 unspecified atom stereocenters. The van der Waals surface area contributed by atoms with Gasteiger partial charge in [0.2, 0.25) is 5.91 Å². The molecule has 8 heteroatoms. The number of guanidine groups is 1. The van der Waals surface area contributed by atoms with E-state index in [0.29, 0.717) is 10.0 Å². The lowest BCUT2D eigenvalue weighted by Gasteiger charge is -2.30. The third-order valence-electron chi connectivity index (χ3n) is 5.27. The van der Waals surface area contributed by atoms with Crippen molar-refractivity contribution in [3.8, 4) is 0 Å². The van der Waals surface area contributed by atoms with Crippen molar-refractivity contribution in [3.63, 3.8) is 0 Å². The molecule has 29 heavy (non-hydrogen) atoms. The van der Waals surface area contributed by atoms with Crippen LogP contribution in [0.5, 0.6) is 0 Å². The second kappa shape index (κ2) is 12.3. The second-order valence-electron chi connectivity index (χ2n) is 7.52. The molecule has 1 saturated heterocycles. The van der Waals surface area contributed by atoms with Crippen molar-refractivity contribution >= 4 is 35.1 Å². The Morgan fingerprint density at radius 1 is 1.31 bits per heavy atom. The Kier molecular flexibility index (Phi) is 10.0. The van der Waals surface area contributed by atoms with E-state index in [-0.39, 0.29) is 17.9 Å². The fraction of sp³-hybridized carbons (Fsp3) is 0.619. The zero-order chi connectivity index (χ0) is 21.2. The van der Waals surface area contributed by atoms with Crippen LogP contribution in [0.25, 0.3) is 0 Å². The molecule has 4 N–H and O–H groups in total. The van der Waals surface area contributed by atoms with Crippen LogP contribution in [-0.4, -0.2) is 49.5 Å². The summed E-state index contributed by atoms with van der Waals surface area (Å²) in [4.78, 5) is 18.3. The zero-order valence-corrected chi connectivity index (χ0v) is 18.9. The minimum Gasteiger partial charge on any atom is -0.369 e. The smallest absolute Gasteiger partial charge is 0.220 e. The van der Waals surface area contributed by atoms with E-state index in [2.05, 4.69) is 27.4 Å².